The minimum atomic E-state index is -0.0761. The predicted octanol–water partition coefficient (Wildman–Crippen LogP) is 2.22. The first-order chi connectivity index (χ1) is 9.70. The normalized spacial score (nSPS) is 12.4. The molecule has 0 aliphatic carbocycles. The lowest BCUT2D eigenvalue weighted by Gasteiger charge is -2.22. The van der Waals surface area contributed by atoms with E-state index in [0.717, 1.165) is 24.4 Å². The summed E-state index contributed by atoms with van der Waals surface area (Å²) in [6.07, 6.45) is 3.66. The van der Waals surface area contributed by atoms with Crippen LogP contribution < -0.4 is 10.5 Å². The minimum absolute atomic E-state index is 0.0761. The van der Waals surface area contributed by atoms with Crippen LogP contribution in [0.15, 0.2) is 48.8 Å². The smallest absolute Gasteiger partial charge is 0.123 e. The largest absolute Gasteiger partial charge is 0.496 e. The molecule has 1 aromatic carbocycles. The molecule has 106 valence electrons. The lowest BCUT2D eigenvalue weighted by atomic mass is 10.1. The van der Waals surface area contributed by atoms with E-state index >= 15 is 0 Å². The van der Waals surface area contributed by atoms with E-state index in [1.54, 1.807) is 13.3 Å². The molecule has 1 unspecified atom stereocenters. The first-order valence-corrected chi connectivity index (χ1v) is 6.66. The number of benzene rings is 1. The quantitative estimate of drug-likeness (QED) is 0.875. The van der Waals surface area contributed by atoms with E-state index in [9.17, 15) is 0 Å². The zero-order valence-corrected chi connectivity index (χ0v) is 12.0. The van der Waals surface area contributed by atoms with Crippen molar-refractivity contribution < 1.29 is 4.74 Å². The summed E-state index contributed by atoms with van der Waals surface area (Å²) in [6.45, 7) is 1.59. The summed E-state index contributed by atoms with van der Waals surface area (Å²) in [4.78, 5) is 6.31. The average molecular weight is 271 g/mol. The maximum Gasteiger partial charge on any atom is 0.123 e. The highest BCUT2D eigenvalue weighted by molar-refractivity contribution is 5.35. The van der Waals surface area contributed by atoms with Crippen LogP contribution in [-0.2, 0) is 6.54 Å². The lowest BCUT2D eigenvalue weighted by molar-refractivity contribution is 0.301. The van der Waals surface area contributed by atoms with Gasteiger partial charge in [-0.25, -0.2) is 0 Å². The van der Waals surface area contributed by atoms with Gasteiger partial charge in [-0.15, -0.1) is 0 Å². The van der Waals surface area contributed by atoms with Crippen molar-refractivity contribution in [2.45, 2.75) is 12.6 Å². The second kappa shape index (κ2) is 7.03. The average Bonchev–Trinajstić information content (AvgIpc) is 2.48. The molecule has 1 heterocycles. The SMILES string of the molecule is COc1ccccc1C(N)CN(C)Cc1cccnc1. The number of likely N-dealkylation sites (N-methyl/N-ethyl adjacent to an activating group) is 1. The topological polar surface area (TPSA) is 51.4 Å². The van der Waals surface area contributed by atoms with Crippen molar-refractivity contribution in [1.29, 1.82) is 0 Å². The number of para-hydroxylation sites is 1. The number of methoxy groups -OCH3 is 1. The third kappa shape index (κ3) is 3.79. The van der Waals surface area contributed by atoms with E-state index in [4.69, 9.17) is 10.5 Å². The molecule has 1 aromatic heterocycles. The highest BCUT2D eigenvalue weighted by Crippen LogP contribution is 2.23. The second-order valence-electron chi connectivity index (χ2n) is 4.91. The van der Waals surface area contributed by atoms with E-state index in [2.05, 4.69) is 23.0 Å². The molecule has 0 bridgehead atoms. The third-order valence-electron chi connectivity index (χ3n) is 3.22. The summed E-state index contributed by atoms with van der Waals surface area (Å²) in [5.41, 5.74) is 8.51. The molecule has 2 rings (SSSR count). The summed E-state index contributed by atoms with van der Waals surface area (Å²) in [5.74, 6) is 0.842. The molecule has 20 heavy (non-hydrogen) atoms. The van der Waals surface area contributed by atoms with Crippen molar-refractivity contribution in [3.63, 3.8) is 0 Å². The van der Waals surface area contributed by atoms with Crippen molar-refractivity contribution in [1.82, 2.24) is 9.88 Å². The Labute approximate surface area is 120 Å². The van der Waals surface area contributed by atoms with Gasteiger partial charge in [0, 0.05) is 37.1 Å². The highest BCUT2D eigenvalue weighted by Gasteiger charge is 2.13. The van der Waals surface area contributed by atoms with E-state index in [0.29, 0.717) is 0 Å². The van der Waals surface area contributed by atoms with Gasteiger partial charge in [0.2, 0.25) is 0 Å². The molecular formula is C16H21N3O. The van der Waals surface area contributed by atoms with Crippen molar-refractivity contribution >= 4 is 0 Å². The van der Waals surface area contributed by atoms with Gasteiger partial charge < -0.3 is 15.4 Å². The van der Waals surface area contributed by atoms with E-state index in [1.807, 2.05) is 36.5 Å². The molecule has 0 fully saturated rings. The Balaban J connectivity index is 1.98. The van der Waals surface area contributed by atoms with Gasteiger partial charge in [0.25, 0.3) is 0 Å². The summed E-state index contributed by atoms with van der Waals surface area (Å²) < 4.78 is 5.36. The summed E-state index contributed by atoms with van der Waals surface area (Å²) >= 11 is 0. The molecule has 4 heteroatoms. The Morgan fingerprint density at radius 3 is 2.75 bits per heavy atom. The molecular weight excluding hydrogens is 250 g/mol. The molecule has 2 N–H and O–H groups in total. The summed E-state index contributed by atoms with van der Waals surface area (Å²) in [6, 6.07) is 11.8. The number of hydrogen-bond donors (Lipinski definition) is 1. The van der Waals surface area contributed by atoms with Gasteiger partial charge in [-0.2, -0.15) is 0 Å². The predicted molar refractivity (Wildman–Crippen MR) is 80.5 cm³/mol. The van der Waals surface area contributed by atoms with Crippen molar-refractivity contribution in [2.24, 2.45) is 5.73 Å². The molecule has 0 aliphatic rings. The van der Waals surface area contributed by atoms with Gasteiger partial charge in [0.15, 0.2) is 0 Å². The van der Waals surface area contributed by atoms with E-state index < -0.39 is 0 Å². The molecule has 2 aromatic rings. The Bertz CT molecular complexity index is 530. The van der Waals surface area contributed by atoms with Crippen molar-refractivity contribution in [2.75, 3.05) is 20.7 Å². The zero-order chi connectivity index (χ0) is 14.4. The van der Waals surface area contributed by atoms with Crippen LogP contribution in [0.2, 0.25) is 0 Å². The number of hydrogen-bond acceptors (Lipinski definition) is 4. The monoisotopic (exact) mass is 271 g/mol. The van der Waals surface area contributed by atoms with Crippen LogP contribution in [0.5, 0.6) is 5.75 Å². The molecule has 0 aliphatic heterocycles. The maximum absolute atomic E-state index is 6.29. The number of pyridine rings is 1. The molecule has 0 spiro atoms. The fourth-order valence-corrected chi connectivity index (χ4v) is 2.27. The fourth-order valence-electron chi connectivity index (χ4n) is 2.27. The number of nitrogens with zero attached hydrogens (tertiary/aromatic N) is 2. The number of rotatable bonds is 6. The van der Waals surface area contributed by atoms with Gasteiger partial charge in [-0.3, -0.25) is 4.98 Å². The van der Waals surface area contributed by atoms with E-state index in [1.165, 1.54) is 5.56 Å². The van der Waals surface area contributed by atoms with Gasteiger partial charge in [-0.05, 0) is 24.7 Å². The number of ether oxygens (including phenoxy) is 1. The highest BCUT2D eigenvalue weighted by atomic mass is 16.5. The standard InChI is InChI=1S/C16H21N3O/c1-19(11-13-6-5-9-18-10-13)12-15(17)14-7-3-4-8-16(14)20-2/h3-10,15H,11-12,17H2,1-2H3. The van der Waals surface area contributed by atoms with Crippen molar-refractivity contribution in [3.8, 4) is 5.75 Å². The molecule has 0 saturated carbocycles. The molecule has 0 amide bonds. The third-order valence-corrected chi connectivity index (χ3v) is 3.22. The van der Waals surface area contributed by atoms with Crippen LogP contribution in [0.25, 0.3) is 0 Å². The van der Waals surface area contributed by atoms with Crippen LogP contribution >= 0.6 is 0 Å². The second-order valence-corrected chi connectivity index (χ2v) is 4.91. The first-order valence-electron chi connectivity index (χ1n) is 6.66. The van der Waals surface area contributed by atoms with Gasteiger partial charge in [0.1, 0.15) is 5.75 Å². The zero-order valence-electron chi connectivity index (χ0n) is 12.0. The molecule has 1 atom stereocenters. The lowest BCUT2D eigenvalue weighted by Crippen LogP contribution is -2.29. The van der Waals surface area contributed by atoms with Crippen molar-refractivity contribution in [3.05, 3.63) is 59.9 Å². The fraction of sp³-hybridized carbons (Fsp3) is 0.312. The molecule has 4 nitrogen and oxygen atoms in total. The molecule has 0 radical (unpaired) electrons. The summed E-state index contributed by atoms with van der Waals surface area (Å²) in [5, 5.41) is 0. The van der Waals surface area contributed by atoms with Gasteiger partial charge >= 0.3 is 0 Å². The van der Waals surface area contributed by atoms with Crippen LogP contribution in [0.1, 0.15) is 17.2 Å². The Kier molecular flexibility index (Phi) is 5.09. The van der Waals surface area contributed by atoms with Crippen LogP contribution in [0.3, 0.4) is 0 Å². The first kappa shape index (κ1) is 14.5. The minimum Gasteiger partial charge on any atom is -0.496 e. The van der Waals surface area contributed by atoms with Crippen LogP contribution in [0, 0.1) is 0 Å². The Morgan fingerprint density at radius 2 is 2.05 bits per heavy atom. The number of nitrogens with two attached hydrogens (primary N) is 1. The summed E-state index contributed by atoms with van der Waals surface area (Å²) in [7, 11) is 3.73. The number of aromatic nitrogens is 1. The van der Waals surface area contributed by atoms with Gasteiger partial charge in [-0.1, -0.05) is 24.3 Å². The van der Waals surface area contributed by atoms with Crippen LogP contribution in [0.4, 0.5) is 0 Å². The molecule has 0 saturated heterocycles. The van der Waals surface area contributed by atoms with E-state index in [-0.39, 0.29) is 6.04 Å². The Morgan fingerprint density at radius 1 is 1.25 bits per heavy atom. The Hall–Kier alpha value is -1.91. The maximum atomic E-state index is 6.29. The van der Waals surface area contributed by atoms with Crippen LogP contribution in [-0.4, -0.2) is 30.6 Å². The van der Waals surface area contributed by atoms with Gasteiger partial charge in [0.05, 0.1) is 7.11 Å².